The van der Waals surface area contributed by atoms with Crippen molar-refractivity contribution in [1.82, 2.24) is 9.97 Å². The highest BCUT2D eigenvalue weighted by atomic mass is 16.6. The largest absolute Gasteiger partial charge is 0.486 e. The third-order valence-corrected chi connectivity index (χ3v) is 4.36. The van der Waals surface area contributed by atoms with Gasteiger partial charge in [0.2, 0.25) is 5.95 Å². The molecule has 0 amide bonds. The lowest BCUT2D eigenvalue weighted by molar-refractivity contribution is 0.171. The predicted octanol–water partition coefficient (Wildman–Crippen LogP) is 4.02. The Kier molecular flexibility index (Phi) is 5.05. The molecular formula is C21H22N4O2. The molecule has 1 aromatic heterocycles. The van der Waals surface area contributed by atoms with Gasteiger partial charge < -0.3 is 19.7 Å². The fourth-order valence-corrected chi connectivity index (χ4v) is 2.99. The van der Waals surface area contributed by atoms with E-state index in [4.69, 9.17) is 9.47 Å². The molecule has 1 aliphatic rings. The Morgan fingerprint density at radius 3 is 2.63 bits per heavy atom. The van der Waals surface area contributed by atoms with Crippen molar-refractivity contribution in [1.29, 1.82) is 0 Å². The van der Waals surface area contributed by atoms with Gasteiger partial charge in [-0.25, -0.2) is 4.98 Å². The van der Waals surface area contributed by atoms with Gasteiger partial charge in [0.05, 0.1) is 0 Å². The van der Waals surface area contributed by atoms with Crippen molar-refractivity contribution in [2.75, 3.05) is 30.0 Å². The minimum Gasteiger partial charge on any atom is -0.486 e. The van der Waals surface area contributed by atoms with Crippen LogP contribution < -0.4 is 19.7 Å². The molecule has 27 heavy (non-hydrogen) atoms. The molecule has 0 radical (unpaired) electrons. The first-order chi connectivity index (χ1) is 13.3. The minimum absolute atomic E-state index is 0.552. The summed E-state index contributed by atoms with van der Waals surface area (Å²) in [6, 6.07) is 18.1. The molecule has 0 atom stereocenters. The van der Waals surface area contributed by atoms with Crippen LogP contribution in [0.3, 0.4) is 0 Å². The number of fused-ring (bicyclic) bond motifs is 1. The van der Waals surface area contributed by atoms with E-state index < -0.39 is 0 Å². The van der Waals surface area contributed by atoms with Gasteiger partial charge in [0.1, 0.15) is 19.0 Å². The van der Waals surface area contributed by atoms with E-state index in [0.29, 0.717) is 19.2 Å². The second kappa shape index (κ2) is 7.95. The summed E-state index contributed by atoms with van der Waals surface area (Å²) >= 11 is 0. The molecule has 0 saturated heterocycles. The van der Waals surface area contributed by atoms with Gasteiger partial charge in [-0.2, -0.15) is 4.98 Å². The Balaban J connectivity index is 1.51. The number of ether oxygens (including phenoxy) is 2. The molecule has 4 rings (SSSR count). The standard InChI is InChI=1S/C21H22N4O2/c1-2-25(15-16-6-4-3-5-7-16)20-10-11-22-21(24-20)23-17-8-9-18-19(14-17)27-13-12-26-18/h3-11,14H,2,12-13,15H2,1H3,(H,22,23,24). The van der Waals surface area contributed by atoms with Gasteiger partial charge in [0.25, 0.3) is 0 Å². The van der Waals surface area contributed by atoms with E-state index >= 15 is 0 Å². The number of anilines is 3. The average Bonchev–Trinajstić information content (AvgIpc) is 2.73. The molecule has 6 heteroatoms. The van der Waals surface area contributed by atoms with Crippen molar-refractivity contribution in [2.45, 2.75) is 13.5 Å². The van der Waals surface area contributed by atoms with Crippen LogP contribution in [0.2, 0.25) is 0 Å². The van der Waals surface area contributed by atoms with E-state index in [9.17, 15) is 0 Å². The van der Waals surface area contributed by atoms with Crippen LogP contribution in [-0.2, 0) is 6.54 Å². The third kappa shape index (κ3) is 4.11. The number of hydrogen-bond acceptors (Lipinski definition) is 6. The normalized spacial score (nSPS) is 12.5. The molecular weight excluding hydrogens is 340 g/mol. The molecule has 0 aliphatic carbocycles. The average molecular weight is 362 g/mol. The van der Waals surface area contributed by atoms with Crippen LogP contribution in [-0.4, -0.2) is 29.7 Å². The fraction of sp³-hybridized carbons (Fsp3) is 0.238. The zero-order chi connectivity index (χ0) is 18.5. The summed E-state index contributed by atoms with van der Waals surface area (Å²) in [4.78, 5) is 11.2. The number of benzene rings is 2. The maximum Gasteiger partial charge on any atom is 0.229 e. The lowest BCUT2D eigenvalue weighted by Gasteiger charge is -2.22. The van der Waals surface area contributed by atoms with E-state index in [0.717, 1.165) is 36.1 Å². The van der Waals surface area contributed by atoms with E-state index in [-0.39, 0.29) is 0 Å². The molecule has 138 valence electrons. The van der Waals surface area contributed by atoms with Crippen molar-refractivity contribution >= 4 is 17.5 Å². The second-order valence-electron chi connectivity index (χ2n) is 6.22. The maximum atomic E-state index is 5.63. The summed E-state index contributed by atoms with van der Waals surface area (Å²) in [5, 5.41) is 3.25. The van der Waals surface area contributed by atoms with Gasteiger partial charge in [0, 0.05) is 31.0 Å². The molecule has 0 fully saturated rings. The molecule has 0 bridgehead atoms. The van der Waals surface area contributed by atoms with Crippen LogP contribution in [0.1, 0.15) is 12.5 Å². The first-order valence-electron chi connectivity index (χ1n) is 9.10. The smallest absolute Gasteiger partial charge is 0.229 e. The summed E-state index contributed by atoms with van der Waals surface area (Å²) in [5.41, 5.74) is 2.11. The first-order valence-corrected chi connectivity index (χ1v) is 9.10. The molecule has 1 aliphatic heterocycles. The molecule has 6 nitrogen and oxygen atoms in total. The van der Waals surface area contributed by atoms with Crippen LogP contribution >= 0.6 is 0 Å². The Morgan fingerprint density at radius 2 is 1.81 bits per heavy atom. The van der Waals surface area contributed by atoms with Gasteiger partial charge in [-0.3, -0.25) is 0 Å². The monoisotopic (exact) mass is 362 g/mol. The molecule has 0 saturated carbocycles. The highest BCUT2D eigenvalue weighted by molar-refractivity contribution is 5.60. The lowest BCUT2D eigenvalue weighted by atomic mass is 10.2. The fourth-order valence-electron chi connectivity index (χ4n) is 2.99. The van der Waals surface area contributed by atoms with Crippen molar-refractivity contribution in [3.63, 3.8) is 0 Å². The highest BCUT2D eigenvalue weighted by Gasteiger charge is 2.13. The maximum absolute atomic E-state index is 5.63. The topological polar surface area (TPSA) is 59.5 Å². The van der Waals surface area contributed by atoms with Crippen molar-refractivity contribution in [3.05, 3.63) is 66.4 Å². The van der Waals surface area contributed by atoms with E-state index in [1.165, 1.54) is 5.56 Å². The molecule has 2 heterocycles. The van der Waals surface area contributed by atoms with Gasteiger partial charge in [-0.05, 0) is 30.7 Å². The van der Waals surface area contributed by atoms with Crippen LogP contribution in [0, 0.1) is 0 Å². The highest BCUT2D eigenvalue weighted by Crippen LogP contribution is 2.33. The summed E-state index contributed by atoms with van der Waals surface area (Å²) in [5.74, 6) is 2.94. The van der Waals surface area contributed by atoms with E-state index in [1.54, 1.807) is 6.20 Å². The molecule has 1 N–H and O–H groups in total. The van der Waals surface area contributed by atoms with Gasteiger partial charge in [0.15, 0.2) is 11.5 Å². The van der Waals surface area contributed by atoms with Crippen LogP contribution in [0.25, 0.3) is 0 Å². The zero-order valence-corrected chi connectivity index (χ0v) is 15.3. The SMILES string of the molecule is CCN(Cc1ccccc1)c1ccnc(Nc2ccc3c(c2)OCCO3)n1. The summed E-state index contributed by atoms with van der Waals surface area (Å²) < 4.78 is 11.2. The Morgan fingerprint density at radius 1 is 1.00 bits per heavy atom. The zero-order valence-electron chi connectivity index (χ0n) is 15.3. The minimum atomic E-state index is 0.552. The van der Waals surface area contributed by atoms with Crippen LogP contribution in [0.4, 0.5) is 17.5 Å². The Hall–Kier alpha value is -3.28. The molecule has 2 aromatic carbocycles. The number of nitrogens with zero attached hydrogens (tertiary/aromatic N) is 3. The lowest BCUT2D eigenvalue weighted by Crippen LogP contribution is -2.23. The van der Waals surface area contributed by atoms with Gasteiger partial charge >= 0.3 is 0 Å². The van der Waals surface area contributed by atoms with Gasteiger partial charge in [-0.1, -0.05) is 30.3 Å². The van der Waals surface area contributed by atoms with Crippen molar-refractivity contribution in [3.8, 4) is 11.5 Å². The molecule has 0 unspecified atom stereocenters. The molecule has 3 aromatic rings. The number of hydrogen-bond donors (Lipinski definition) is 1. The van der Waals surface area contributed by atoms with Gasteiger partial charge in [-0.15, -0.1) is 0 Å². The number of nitrogens with one attached hydrogen (secondary N) is 1. The summed E-state index contributed by atoms with van der Waals surface area (Å²) in [6.07, 6.45) is 1.77. The van der Waals surface area contributed by atoms with Crippen molar-refractivity contribution in [2.24, 2.45) is 0 Å². The second-order valence-corrected chi connectivity index (χ2v) is 6.22. The Labute approximate surface area is 158 Å². The predicted molar refractivity (Wildman–Crippen MR) is 106 cm³/mol. The van der Waals surface area contributed by atoms with E-state index in [2.05, 4.69) is 51.4 Å². The summed E-state index contributed by atoms with van der Waals surface area (Å²) in [7, 11) is 0. The number of rotatable bonds is 6. The van der Waals surface area contributed by atoms with Crippen molar-refractivity contribution < 1.29 is 9.47 Å². The molecule has 0 spiro atoms. The van der Waals surface area contributed by atoms with Crippen LogP contribution in [0.15, 0.2) is 60.8 Å². The van der Waals surface area contributed by atoms with E-state index in [1.807, 2.05) is 30.3 Å². The third-order valence-electron chi connectivity index (χ3n) is 4.36. The van der Waals surface area contributed by atoms with Crippen LogP contribution in [0.5, 0.6) is 11.5 Å². The Bertz CT molecular complexity index is 902. The summed E-state index contributed by atoms with van der Waals surface area (Å²) in [6.45, 7) is 4.93. The number of aromatic nitrogens is 2. The quantitative estimate of drug-likeness (QED) is 0.715. The first kappa shape index (κ1) is 17.1.